The molecule has 0 spiro atoms. The molecule has 0 bridgehead atoms. The van der Waals surface area contributed by atoms with Gasteiger partial charge in [0.1, 0.15) is 10.7 Å². The van der Waals surface area contributed by atoms with E-state index in [1.54, 1.807) is 0 Å². The van der Waals surface area contributed by atoms with Crippen molar-refractivity contribution in [1.82, 2.24) is 10.3 Å². The van der Waals surface area contributed by atoms with E-state index < -0.39 is 0 Å². The quantitative estimate of drug-likeness (QED) is 0.679. The Labute approximate surface area is 130 Å². The number of aliphatic hydroxyl groups is 1. The van der Waals surface area contributed by atoms with Crippen molar-refractivity contribution in [3.8, 4) is 0 Å². The molecule has 6 nitrogen and oxygen atoms in total. The zero-order chi connectivity index (χ0) is 16.0. The van der Waals surface area contributed by atoms with Crippen LogP contribution in [0.25, 0.3) is 0 Å². The normalized spacial score (nSPS) is 11.5. The van der Waals surface area contributed by atoms with Gasteiger partial charge in [-0.15, -0.1) is 0 Å². The average molecular weight is 314 g/mol. The number of amides is 1. The molecule has 1 rings (SSSR count). The molecular weight excluding hydrogens is 288 g/mol. The molecule has 4 N–H and O–H groups in total. The van der Waals surface area contributed by atoms with Crippen LogP contribution in [0.2, 0.25) is 0 Å². The number of nitrogens with zero attached hydrogens (tertiary/aromatic N) is 2. The van der Waals surface area contributed by atoms with E-state index in [0.717, 1.165) is 18.2 Å². The van der Waals surface area contributed by atoms with Gasteiger partial charge in [0, 0.05) is 26.2 Å². The number of thiazole rings is 1. The maximum absolute atomic E-state index is 12.2. The summed E-state index contributed by atoms with van der Waals surface area (Å²) in [5.41, 5.74) is 5.71. The number of rotatable bonds is 8. The maximum atomic E-state index is 12.2. The molecule has 0 aliphatic heterocycles. The van der Waals surface area contributed by atoms with Crippen LogP contribution in [-0.2, 0) is 0 Å². The molecule has 0 aliphatic carbocycles. The molecule has 21 heavy (non-hydrogen) atoms. The van der Waals surface area contributed by atoms with Gasteiger partial charge in [-0.2, -0.15) is 0 Å². The van der Waals surface area contributed by atoms with E-state index in [1.807, 2.05) is 27.7 Å². The molecule has 0 atom stereocenters. The van der Waals surface area contributed by atoms with Gasteiger partial charge in [0.2, 0.25) is 0 Å². The summed E-state index contributed by atoms with van der Waals surface area (Å²) < 4.78 is 0. The molecule has 7 heteroatoms. The lowest BCUT2D eigenvalue weighted by Gasteiger charge is -2.23. The summed E-state index contributed by atoms with van der Waals surface area (Å²) in [7, 11) is 0. The van der Waals surface area contributed by atoms with Crippen molar-refractivity contribution in [3.05, 3.63) is 4.88 Å². The molecule has 0 aliphatic rings. The van der Waals surface area contributed by atoms with Crippen molar-refractivity contribution in [1.29, 1.82) is 0 Å². The largest absolute Gasteiger partial charge is 0.396 e. The van der Waals surface area contributed by atoms with E-state index in [-0.39, 0.29) is 23.7 Å². The summed E-state index contributed by atoms with van der Waals surface area (Å²) in [5, 5.41) is 12.7. The first kappa shape index (κ1) is 17.7. The van der Waals surface area contributed by atoms with Crippen LogP contribution in [-0.4, -0.2) is 42.2 Å². The van der Waals surface area contributed by atoms with Crippen LogP contribution >= 0.6 is 11.3 Å². The number of carbonyl (C=O) groups excluding carboxylic acids is 1. The highest BCUT2D eigenvalue weighted by Gasteiger charge is 2.22. The highest BCUT2D eigenvalue weighted by atomic mass is 32.1. The first-order valence-corrected chi connectivity index (χ1v) is 8.06. The summed E-state index contributed by atoms with van der Waals surface area (Å²) >= 11 is 1.32. The predicted molar refractivity (Wildman–Crippen MR) is 87.9 cm³/mol. The molecule has 0 unspecified atom stereocenters. The van der Waals surface area contributed by atoms with Gasteiger partial charge in [-0.1, -0.05) is 25.2 Å². The van der Waals surface area contributed by atoms with Gasteiger partial charge in [0.15, 0.2) is 5.13 Å². The van der Waals surface area contributed by atoms with Crippen molar-refractivity contribution in [2.75, 3.05) is 36.9 Å². The number of hydrogen-bond acceptors (Lipinski definition) is 6. The van der Waals surface area contributed by atoms with Crippen molar-refractivity contribution < 1.29 is 9.90 Å². The Morgan fingerprint density at radius 1 is 1.43 bits per heavy atom. The number of aliphatic hydroxyl groups excluding tert-OH is 1. The highest BCUT2D eigenvalue weighted by Crippen LogP contribution is 2.28. The van der Waals surface area contributed by atoms with E-state index in [4.69, 9.17) is 10.8 Å². The molecule has 0 radical (unpaired) electrons. The van der Waals surface area contributed by atoms with E-state index in [9.17, 15) is 4.79 Å². The fraction of sp³-hybridized carbons (Fsp3) is 0.714. The summed E-state index contributed by atoms with van der Waals surface area (Å²) in [6.45, 7) is 10.3. The Balaban J connectivity index is 2.75. The lowest BCUT2D eigenvalue weighted by atomic mass is 9.90. The van der Waals surface area contributed by atoms with E-state index in [1.165, 1.54) is 11.3 Å². The monoisotopic (exact) mass is 314 g/mol. The van der Waals surface area contributed by atoms with Crippen LogP contribution in [0.5, 0.6) is 0 Å². The van der Waals surface area contributed by atoms with Gasteiger partial charge in [-0.3, -0.25) is 4.79 Å². The third-order valence-corrected chi connectivity index (χ3v) is 4.53. The van der Waals surface area contributed by atoms with Crippen LogP contribution in [0.1, 0.15) is 43.8 Å². The fourth-order valence-electron chi connectivity index (χ4n) is 1.90. The van der Waals surface area contributed by atoms with Crippen LogP contribution < -0.4 is 16.0 Å². The van der Waals surface area contributed by atoms with E-state index in [2.05, 4.69) is 15.2 Å². The second kappa shape index (κ2) is 7.61. The number of nitrogens with one attached hydrogen (secondary N) is 1. The predicted octanol–water partition coefficient (Wildman–Crippen LogP) is 1.71. The minimum absolute atomic E-state index is 0.109. The first-order valence-electron chi connectivity index (χ1n) is 7.25. The molecule has 120 valence electrons. The number of nitrogen functional groups attached to an aromatic ring is 1. The Hall–Kier alpha value is -1.34. The highest BCUT2D eigenvalue weighted by molar-refractivity contribution is 7.18. The third kappa shape index (κ3) is 4.86. The smallest absolute Gasteiger partial charge is 0.265 e. The zero-order valence-electron chi connectivity index (χ0n) is 13.3. The molecular formula is C14H26N4O2S. The number of hydrogen-bond donors (Lipinski definition) is 3. The summed E-state index contributed by atoms with van der Waals surface area (Å²) in [6, 6.07) is 0. The Bertz CT molecular complexity index is 470. The minimum atomic E-state index is -0.200. The van der Waals surface area contributed by atoms with Crippen LogP contribution in [0.4, 0.5) is 10.9 Å². The summed E-state index contributed by atoms with van der Waals surface area (Å²) in [5.74, 6) is 0.0776. The molecule has 0 saturated carbocycles. The maximum Gasteiger partial charge on any atom is 0.265 e. The Morgan fingerprint density at radius 3 is 2.57 bits per heavy atom. The SMILES string of the molecule is CCN(CC)c1nc(N)c(C(=O)NCC(C)(C)CCO)s1. The lowest BCUT2D eigenvalue weighted by Crippen LogP contribution is -2.34. The third-order valence-electron chi connectivity index (χ3n) is 3.40. The molecule has 1 heterocycles. The van der Waals surface area contributed by atoms with Crippen LogP contribution in [0, 0.1) is 5.41 Å². The minimum Gasteiger partial charge on any atom is -0.396 e. The number of anilines is 2. The van der Waals surface area contributed by atoms with Crippen molar-refractivity contribution >= 4 is 28.2 Å². The standard InChI is InChI=1S/C14H26N4O2S/c1-5-18(6-2)13-17-11(15)10(21-13)12(20)16-9-14(3,4)7-8-19/h19H,5-9,15H2,1-4H3,(H,16,20). The van der Waals surface area contributed by atoms with Gasteiger partial charge in [-0.25, -0.2) is 4.98 Å². The van der Waals surface area contributed by atoms with Crippen LogP contribution in [0.15, 0.2) is 0 Å². The lowest BCUT2D eigenvalue weighted by molar-refractivity contribution is 0.0933. The topological polar surface area (TPSA) is 91.5 Å². The van der Waals surface area contributed by atoms with Crippen LogP contribution in [0.3, 0.4) is 0 Å². The second-order valence-electron chi connectivity index (χ2n) is 5.70. The van der Waals surface area contributed by atoms with E-state index >= 15 is 0 Å². The molecule has 0 fully saturated rings. The van der Waals surface area contributed by atoms with Gasteiger partial charge >= 0.3 is 0 Å². The Morgan fingerprint density at radius 2 is 2.05 bits per heavy atom. The molecule has 0 aromatic carbocycles. The summed E-state index contributed by atoms with van der Waals surface area (Å²) in [4.78, 5) is 19.0. The first-order chi connectivity index (χ1) is 9.84. The molecule has 0 saturated heterocycles. The fourth-order valence-corrected chi connectivity index (χ4v) is 2.93. The van der Waals surface area contributed by atoms with Crippen molar-refractivity contribution in [2.45, 2.75) is 34.1 Å². The number of aromatic nitrogens is 1. The number of carbonyl (C=O) groups is 1. The van der Waals surface area contributed by atoms with Gasteiger partial charge in [0.05, 0.1) is 0 Å². The second-order valence-corrected chi connectivity index (χ2v) is 6.68. The van der Waals surface area contributed by atoms with Gasteiger partial charge < -0.3 is 21.1 Å². The van der Waals surface area contributed by atoms with Gasteiger partial charge in [-0.05, 0) is 25.7 Å². The number of nitrogens with two attached hydrogens (primary N) is 1. The Kier molecular flexibility index (Phi) is 6.42. The van der Waals surface area contributed by atoms with Gasteiger partial charge in [0.25, 0.3) is 5.91 Å². The van der Waals surface area contributed by atoms with E-state index in [0.29, 0.717) is 17.8 Å². The molecule has 1 amide bonds. The van der Waals surface area contributed by atoms with Crippen molar-refractivity contribution in [2.24, 2.45) is 5.41 Å². The summed E-state index contributed by atoms with van der Waals surface area (Å²) in [6.07, 6.45) is 0.635. The zero-order valence-corrected chi connectivity index (χ0v) is 14.1. The molecule has 1 aromatic rings. The molecule has 1 aromatic heterocycles. The average Bonchev–Trinajstić information content (AvgIpc) is 2.79. The van der Waals surface area contributed by atoms with Crippen molar-refractivity contribution in [3.63, 3.8) is 0 Å².